The largest absolute Gasteiger partial charge is 0.484 e. The molecule has 6 nitrogen and oxygen atoms in total. The molecule has 9 heteroatoms. The molecule has 1 aliphatic rings. The zero-order chi connectivity index (χ0) is 22.9. The van der Waals surface area contributed by atoms with E-state index in [2.05, 4.69) is 36.6 Å². The van der Waals surface area contributed by atoms with Crippen molar-refractivity contribution in [3.63, 3.8) is 0 Å². The maximum Gasteiger partial charge on any atom is 0.265 e. The highest BCUT2D eigenvalue weighted by Gasteiger charge is 2.31. The molecular weight excluding hydrogens is 560 g/mol. The van der Waals surface area contributed by atoms with Gasteiger partial charge in [0, 0.05) is 26.4 Å². The average Bonchev–Trinajstić information content (AvgIpc) is 3.08. The van der Waals surface area contributed by atoms with E-state index in [1.54, 1.807) is 41.3 Å². The molecule has 0 fully saturated rings. The number of hydrogen-bond acceptors (Lipinski definition) is 4. The number of rotatable bonds is 6. The first-order valence-corrected chi connectivity index (χ1v) is 12.9. The van der Waals surface area contributed by atoms with Crippen LogP contribution in [0.5, 0.6) is 5.75 Å². The third-order valence-corrected chi connectivity index (χ3v) is 7.54. The van der Waals surface area contributed by atoms with E-state index in [9.17, 15) is 13.2 Å². The van der Waals surface area contributed by atoms with Crippen molar-refractivity contribution >= 4 is 59.2 Å². The Morgan fingerprint density at radius 1 is 1.03 bits per heavy atom. The number of benzene rings is 3. The highest BCUT2D eigenvalue weighted by atomic mass is 79.9. The molecule has 0 saturated carbocycles. The van der Waals surface area contributed by atoms with Crippen LogP contribution < -0.4 is 14.4 Å². The third kappa shape index (κ3) is 5.00. The SMILES string of the molecule is C[C@H]1Cc2cc(Br)ccc2N1C(=O)COc1ccc(S(=O)(=O)Nc2ccc(Br)cc2)cc1. The summed E-state index contributed by atoms with van der Waals surface area (Å²) in [6.45, 7) is 1.87. The molecule has 166 valence electrons. The zero-order valence-corrected chi connectivity index (χ0v) is 21.1. The molecule has 1 heterocycles. The fourth-order valence-electron chi connectivity index (χ4n) is 3.64. The van der Waals surface area contributed by atoms with E-state index in [4.69, 9.17) is 4.74 Å². The molecule has 0 bridgehead atoms. The van der Waals surface area contributed by atoms with Crippen LogP contribution in [-0.2, 0) is 21.2 Å². The summed E-state index contributed by atoms with van der Waals surface area (Å²) < 4.78 is 35.2. The summed E-state index contributed by atoms with van der Waals surface area (Å²) in [5.74, 6) is 0.274. The van der Waals surface area contributed by atoms with Gasteiger partial charge >= 0.3 is 0 Å². The minimum absolute atomic E-state index is 0.0487. The average molecular weight is 580 g/mol. The molecule has 0 aliphatic carbocycles. The summed E-state index contributed by atoms with van der Waals surface area (Å²) in [6, 6.07) is 18.8. The lowest BCUT2D eigenvalue weighted by Gasteiger charge is -2.22. The van der Waals surface area contributed by atoms with Crippen molar-refractivity contribution in [2.75, 3.05) is 16.2 Å². The maximum atomic E-state index is 12.8. The van der Waals surface area contributed by atoms with Crippen molar-refractivity contribution in [3.05, 3.63) is 81.2 Å². The lowest BCUT2D eigenvalue weighted by Crippen LogP contribution is -2.39. The van der Waals surface area contributed by atoms with Crippen LogP contribution in [0.2, 0.25) is 0 Å². The summed E-state index contributed by atoms with van der Waals surface area (Å²) in [5, 5.41) is 0. The molecule has 1 amide bonds. The first-order valence-electron chi connectivity index (χ1n) is 9.85. The van der Waals surface area contributed by atoms with Crippen LogP contribution in [0.1, 0.15) is 12.5 Å². The number of nitrogens with zero attached hydrogens (tertiary/aromatic N) is 1. The number of carbonyl (C=O) groups excluding carboxylic acids is 1. The van der Waals surface area contributed by atoms with Gasteiger partial charge in [0.15, 0.2) is 6.61 Å². The monoisotopic (exact) mass is 578 g/mol. The van der Waals surface area contributed by atoms with Crippen LogP contribution in [-0.4, -0.2) is 27.0 Å². The second kappa shape index (κ2) is 9.25. The summed E-state index contributed by atoms with van der Waals surface area (Å²) in [7, 11) is -3.73. The zero-order valence-electron chi connectivity index (χ0n) is 17.1. The highest BCUT2D eigenvalue weighted by molar-refractivity contribution is 9.10. The Kier molecular flexibility index (Phi) is 6.60. The molecule has 0 radical (unpaired) electrons. The number of halogens is 2. The summed E-state index contributed by atoms with van der Waals surface area (Å²) in [6.07, 6.45) is 0.790. The van der Waals surface area contributed by atoms with Gasteiger partial charge in [-0.15, -0.1) is 0 Å². The van der Waals surface area contributed by atoms with Crippen molar-refractivity contribution in [2.45, 2.75) is 24.3 Å². The first kappa shape index (κ1) is 22.8. The van der Waals surface area contributed by atoms with Gasteiger partial charge < -0.3 is 9.64 Å². The van der Waals surface area contributed by atoms with E-state index >= 15 is 0 Å². The van der Waals surface area contributed by atoms with Gasteiger partial charge in [-0.2, -0.15) is 0 Å². The predicted octanol–water partition coefficient (Wildman–Crippen LogP) is 5.37. The fourth-order valence-corrected chi connectivity index (χ4v) is 5.37. The third-order valence-electron chi connectivity index (χ3n) is 5.12. The number of ether oxygens (including phenoxy) is 1. The molecule has 0 saturated heterocycles. The van der Waals surface area contributed by atoms with E-state index < -0.39 is 10.0 Å². The summed E-state index contributed by atoms with van der Waals surface area (Å²) >= 11 is 6.79. The van der Waals surface area contributed by atoms with Gasteiger partial charge in [-0.25, -0.2) is 8.42 Å². The van der Waals surface area contributed by atoms with Crippen molar-refractivity contribution < 1.29 is 17.9 Å². The van der Waals surface area contributed by atoms with E-state index in [0.29, 0.717) is 11.4 Å². The summed E-state index contributed by atoms with van der Waals surface area (Å²) in [5.41, 5.74) is 2.48. The fraction of sp³-hybridized carbons (Fsp3) is 0.174. The highest BCUT2D eigenvalue weighted by Crippen LogP contribution is 2.34. The molecule has 0 unspecified atom stereocenters. The molecule has 0 spiro atoms. The van der Waals surface area contributed by atoms with Crippen LogP contribution >= 0.6 is 31.9 Å². The molecule has 0 aromatic heterocycles. The van der Waals surface area contributed by atoms with Crippen LogP contribution in [0.3, 0.4) is 0 Å². The van der Waals surface area contributed by atoms with Crippen LogP contribution in [0.25, 0.3) is 0 Å². The van der Waals surface area contributed by atoms with Gasteiger partial charge in [0.25, 0.3) is 15.9 Å². The topological polar surface area (TPSA) is 75.7 Å². The molecule has 3 aromatic rings. The van der Waals surface area contributed by atoms with Gasteiger partial charge in [0.2, 0.25) is 0 Å². The molecule has 32 heavy (non-hydrogen) atoms. The summed E-state index contributed by atoms with van der Waals surface area (Å²) in [4.78, 5) is 14.7. The van der Waals surface area contributed by atoms with E-state index in [1.165, 1.54) is 12.1 Å². The minimum Gasteiger partial charge on any atom is -0.484 e. The van der Waals surface area contributed by atoms with Crippen molar-refractivity contribution in [2.24, 2.45) is 0 Å². The number of carbonyl (C=O) groups is 1. The number of sulfonamides is 1. The normalized spacial score (nSPS) is 15.3. The molecule has 1 aliphatic heterocycles. The number of amides is 1. The van der Waals surface area contributed by atoms with Crippen molar-refractivity contribution in [1.29, 1.82) is 0 Å². The smallest absolute Gasteiger partial charge is 0.265 e. The Morgan fingerprint density at radius 2 is 1.69 bits per heavy atom. The Balaban J connectivity index is 1.40. The standard InChI is InChI=1S/C23H20Br2N2O4S/c1-15-12-16-13-18(25)4-11-22(16)27(15)23(28)14-31-20-7-9-21(10-8-20)32(29,30)26-19-5-2-17(24)3-6-19/h2-11,13,15,26H,12,14H2,1H3/t15-/m0/s1. The van der Waals surface area contributed by atoms with Crippen molar-refractivity contribution in [3.8, 4) is 5.75 Å². The van der Waals surface area contributed by atoms with E-state index in [1.807, 2.05) is 25.1 Å². The van der Waals surface area contributed by atoms with Crippen LogP contribution in [0, 0.1) is 0 Å². The molecule has 4 rings (SSSR count). The number of nitrogens with one attached hydrogen (secondary N) is 1. The quantitative estimate of drug-likeness (QED) is 0.426. The van der Waals surface area contributed by atoms with Gasteiger partial charge in [0.1, 0.15) is 5.75 Å². The lowest BCUT2D eigenvalue weighted by atomic mass is 10.1. The second-order valence-electron chi connectivity index (χ2n) is 7.46. The minimum atomic E-state index is -3.73. The van der Waals surface area contributed by atoms with Crippen LogP contribution in [0.4, 0.5) is 11.4 Å². The molecule has 1 N–H and O–H groups in total. The number of hydrogen-bond donors (Lipinski definition) is 1. The second-order valence-corrected chi connectivity index (χ2v) is 11.0. The lowest BCUT2D eigenvalue weighted by molar-refractivity contribution is -0.120. The Hall–Kier alpha value is -2.36. The number of fused-ring (bicyclic) bond motifs is 1. The van der Waals surface area contributed by atoms with Crippen LogP contribution in [0.15, 0.2) is 80.6 Å². The molecule has 3 aromatic carbocycles. The van der Waals surface area contributed by atoms with Gasteiger partial charge in [-0.1, -0.05) is 31.9 Å². The van der Waals surface area contributed by atoms with Gasteiger partial charge in [0.05, 0.1) is 4.90 Å². The Labute approximate surface area is 203 Å². The van der Waals surface area contributed by atoms with Gasteiger partial charge in [-0.3, -0.25) is 9.52 Å². The van der Waals surface area contributed by atoms with Gasteiger partial charge in [-0.05, 0) is 85.6 Å². The van der Waals surface area contributed by atoms with E-state index in [-0.39, 0.29) is 23.5 Å². The Bertz CT molecular complexity index is 1250. The number of anilines is 2. The molecule has 1 atom stereocenters. The Morgan fingerprint density at radius 3 is 2.38 bits per heavy atom. The maximum absolute atomic E-state index is 12.8. The first-order chi connectivity index (χ1) is 15.2. The van der Waals surface area contributed by atoms with E-state index in [0.717, 1.165) is 26.6 Å². The predicted molar refractivity (Wildman–Crippen MR) is 132 cm³/mol. The molecular formula is C23H20Br2N2O4S. The van der Waals surface area contributed by atoms with Crippen molar-refractivity contribution in [1.82, 2.24) is 0 Å².